The molecule has 0 saturated carbocycles. The van der Waals surface area contributed by atoms with Crippen LogP contribution in [0.1, 0.15) is 15.2 Å². The van der Waals surface area contributed by atoms with Crippen LogP contribution in [0.4, 0.5) is 0 Å². The Morgan fingerprint density at radius 2 is 2.40 bits per heavy atom. The van der Waals surface area contributed by atoms with E-state index in [4.69, 9.17) is 10.3 Å². The van der Waals surface area contributed by atoms with Crippen molar-refractivity contribution in [2.24, 2.45) is 5.11 Å². The number of rotatable bonds is 4. The molecule has 0 saturated heterocycles. The topological polar surface area (TPSA) is 84.3 Å². The highest BCUT2D eigenvalue weighted by Crippen LogP contribution is 2.31. The maximum Gasteiger partial charge on any atom is 0.342 e. The molecular formula is C8H9N3O3S. The van der Waals surface area contributed by atoms with Crippen LogP contribution in [0.2, 0.25) is 0 Å². The highest BCUT2D eigenvalue weighted by atomic mass is 32.1. The van der Waals surface area contributed by atoms with Gasteiger partial charge in [0.25, 0.3) is 0 Å². The number of esters is 1. The molecule has 0 radical (unpaired) electrons. The molecule has 15 heavy (non-hydrogen) atoms. The van der Waals surface area contributed by atoms with Gasteiger partial charge in [0.2, 0.25) is 0 Å². The number of nitrogens with zero attached hydrogens (tertiary/aromatic N) is 3. The number of carbonyl (C=O) groups excluding carboxylic acids is 1. The number of carbonyl (C=O) groups is 1. The third kappa shape index (κ3) is 2.39. The minimum Gasteiger partial charge on any atom is -0.495 e. The summed E-state index contributed by atoms with van der Waals surface area (Å²) in [6, 6.07) is 0. The van der Waals surface area contributed by atoms with Gasteiger partial charge in [-0.15, -0.1) is 11.3 Å². The van der Waals surface area contributed by atoms with Gasteiger partial charge in [0.15, 0.2) is 0 Å². The summed E-state index contributed by atoms with van der Waals surface area (Å²) in [4.78, 5) is 14.6. The quantitative estimate of drug-likeness (QED) is 0.342. The lowest BCUT2D eigenvalue weighted by Crippen LogP contribution is -2.02. The van der Waals surface area contributed by atoms with E-state index in [1.54, 1.807) is 5.38 Å². The van der Waals surface area contributed by atoms with Crippen LogP contribution in [0.5, 0.6) is 5.75 Å². The molecule has 80 valence electrons. The molecule has 0 aliphatic heterocycles. The Morgan fingerprint density at radius 3 is 2.93 bits per heavy atom. The molecule has 1 rings (SSSR count). The molecule has 0 aliphatic rings. The normalized spacial score (nSPS) is 9.20. The Bertz CT molecular complexity index is 409. The third-order valence-corrected chi connectivity index (χ3v) is 2.66. The third-order valence-electron chi connectivity index (χ3n) is 1.70. The standard InChI is InChI=1S/C8H9N3O3S/c1-13-7-5(8(12)14-2)4-15-6(7)3-10-11-9/h4H,3H2,1-2H3. The summed E-state index contributed by atoms with van der Waals surface area (Å²) >= 11 is 1.29. The van der Waals surface area contributed by atoms with Crippen molar-refractivity contribution in [1.29, 1.82) is 0 Å². The van der Waals surface area contributed by atoms with Crippen molar-refractivity contribution in [3.8, 4) is 5.75 Å². The van der Waals surface area contributed by atoms with Crippen LogP contribution in [0.15, 0.2) is 10.5 Å². The van der Waals surface area contributed by atoms with Crippen molar-refractivity contribution in [2.75, 3.05) is 14.2 Å². The molecule has 0 N–H and O–H groups in total. The highest BCUT2D eigenvalue weighted by Gasteiger charge is 2.18. The summed E-state index contributed by atoms with van der Waals surface area (Å²) in [5, 5.41) is 5.03. The molecule has 7 heteroatoms. The lowest BCUT2D eigenvalue weighted by Gasteiger charge is -2.02. The second-order valence-corrected chi connectivity index (χ2v) is 3.45. The monoisotopic (exact) mass is 227 g/mol. The van der Waals surface area contributed by atoms with E-state index >= 15 is 0 Å². The van der Waals surface area contributed by atoms with Crippen molar-refractivity contribution in [1.82, 2.24) is 0 Å². The van der Waals surface area contributed by atoms with Gasteiger partial charge in [-0.2, -0.15) is 0 Å². The molecule has 1 aromatic rings. The minimum atomic E-state index is -0.463. The number of hydrogen-bond acceptors (Lipinski definition) is 5. The maximum atomic E-state index is 11.3. The van der Waals surface area contributed by atoms with E-state index in [0.717, 1.165) is 0 Å². The van der Waals surface area contributed by atoms with E-state index in [0.29, 0.717) is 16.2 Å². The fourth-order valence-corrected chi connectivity index (χ4v) is 1.96. The molecule has 0 amide bonds. The van der Waals surface area contributed by atoms with Crippen LogP contribution in [-0.2, 0) is 11.3 Å². The zero-order valence-electron chi connectivity index (χ0n) is 8.26. The number of azide groups is 1. The van der Waals surface area contributed by atoms with E-state index in [-0.39, 0.29) is 6.54 Å². The van der Waals surface area contributed by atoms with Gasteiger partial charge in [-0.1, -0.05) is 5.11 Å². The predicted molar refractivity (Wildman–Crippen MR) is 55.1 cm³/mol. The zero-order chi connectivity index (χ0) is 11.3. The summed E-state index contributed by atoms with van der Waals surface area (Å²) in [7, 11) is 2.75. The van der Waals surface area contributed by atoms with Gasteiger partial charge in [0, 0.05) is 10.3 Å². The molecule has 0 fully saturated rings. The van der Waals surface area contributed by atoms with E-state index in [9.17, 15) is 4.79 Å². The Balaban J connectivity index is 3.04. The number of ether oxygens (including phenoxy) is 2. The fourth-order valence-electron chi connectivity index (χ4n) is 1.07. The molecule has 1 aromatic heterocycles. The van der Waals surface area contributed by atoms with Crippen LogP contribution >= 0.6 is 11.3 Å². The van der Waals surface area contributed by atoms with Gasteiger partial charge in [0.1, 0.15) is 11.3 Å². The lowest BCUT2D eigenvalue weighted by atomic mass is 10.3. The molecule has 0 unspecified atom stereocenters. The number of thiophene rings is 1. The molecule has 0 bridgehead atoms. The van der Waals surface area contributed by atoms with E-state index < -0.39 is 5.97 Å². The predicted octanol–water partition coefficient (Wildman–Crippen LogP) is 2.35. The average molecular weight is 227 g/mol. The first-order valence-electron chi connectivity index (χ1n) is 3.98. The molecule has 1 heterocycles. The smallest absolute Gasteiger partial charge is 0.342 e. The molecular weight excluding hydrogens is 218 g/mol. The maximum absolute atomic E-state index is 11.3. The van der Waals surface area contributed by atoms with Crippen molar-refractivity contribution in [2.45, 2.75) is 6.54 Å². The Hall–Kier alpha value is -1.72. The number of methoxy groups -OCH3 is 2. The van der Waals surface area contributed by atoms with Crippen molar-refractivity contribution in [3.63, 3.8) is 0 Å². The van der Waals surface area contributed by atoms with Crippen LogP contribution in [-0.4, -0.2) is 20.2 Å². The summed E-state index contributed by atoms with van der Waals surface area (Å²) in [5.41, 5.74) is 8.54. The average Bonchev–Trinajstić information content (AvgIpc) is 2.67. The van der Waals surface area contributed by atoms with E-state index in [1.165, 1.54) is 25.6 Å². The van der Waals surface area contributed by atoms with E-state index in [1.807, 2.05) is 0 Å². The molecule has 6 nitrogen and oxygen atoms in total. The second-order valence-electron chi connectivity index (χ2n) is 2.49. The Kier molecular flexibility index (Phi) is 3.96. The van der Waals surface area contributed by atoms with Gasteiger partial charge >= 0.3 is 5.97 Å². The van der Waals surface area contributed by atoms with Gasteiger partial charge in [-0.25, -0.2) is 4.79 Å². The number of hydrogen-bond donors (Lipinski definition) is 0. The van der Waals surface area contributed by atoms with Gasteiger partial charge in [-0.3, -0.25) is 0 Å². The summed E-state index contributed by atoms with van der Waals surface area (Å²) < 4.78 is 9.64. The van der Waals surface area contributed by atoms with Crippen molar-refractivity contribution >= 4 is 17.3 Å². The first kappa shape index (κ1) is 11.4. The van der Waals surface area contributed by atoms with Crippen LogP contribution in [0.3, 0.4) is 0 Å². The minimum absolute atomic E-state index is 0.168. The van der Waals surface area contributed by atoms with Gasteiger partial charge in [0.05, 0.1) is 25.6 Å². The molecule has 0 aliphatic carbocycles. The zero-order valence-corrected chi connectivity index (χ0v) is 9.08. The first-order valence-corrected chi connectivity index (χ1v) is 4.86. The van der Waals surface area contributed by atoms with Crippen LogP contribution in [0, 0.1) is 0 Å². The van der Waals surface area contributed by atoms with Gasteiger partial charge < -0.3 is 9.47 Å². The van der Waals surface area contributed by atoms with Crippen molar-refractivity contribution < 1.29 is 14.3 Å². The van der Waals surface area contributed by atoms with Gasteiger partial charge in [-0.05, 0) is 5.53 Å². The fraction of sp³-hybridized carbons (Fsp3) is 0.375. The molecule has 0 aromatic carbocycles. The Labute approximate surface area is 90.1 Å². The highest BCUT2D eigenvalue weighted by molar-refractivity contribution is 7.10. The first-order chi connectivity index (χ1) is 7.24. The molecule has 0 atom stereocenters. The SMILES string of the molecule is COC(=O)c1csc(CN=[N+]=[N-])c1OC. The second kappa shape index (κ2) is 5.23. The largest absolute Gasteiger partial charge is 0.495 e. The molecule has 0 spiro atoms. The summed E-state index contributed by atoms with van der Waals surface area (Å²) in [6.07, 6.45) is 0. The van der Waals surface area contributed by atoms with Crippen molar-refractivity contribution in [3.05, 3.63) is 26.3 Å². The van der Waals surface area contributed by atoms with Crippen LogP contribution in [0.25, 0.3) is 10.4 Å². The Morgan fingerprint density at radius 1 is 1.67 bits per heavy atom. The van der Waals surface area contributed by atoms with Crippen LogP contribution < -0.4 is 4.74 Å². The summed E-state index contributed by atoms with van der Waals surface area (Å²) in [6.45, 7) is 0.168. The van der Waals surface area contributed by atoms with E-state index in [2.05, 4.69) is 14.8 Å². The summed E-state index contributed by atoms with van der Waals surface area (Å²) in [5.74, 6) is -0.0467. The lowest BCUT2D eigenvalue weighted by molar-refractivity contribution is 0.0597.